The Balaban J connectivity index is 1.85. The average Bonchev–Trinajstić information content (AvgIpc) is 2.96. The number of benzene rings is 1. The summed E-state index contributed by atoms with van der Waals surface area (Å²) in [6.45, 7) is 1.68. The van der Waals surface area contributed by atoms with Gasteiger partial charge in [-0.3, -0.25) is 0 Å². The Hall–Kier alpha value is -2.51. The van der Waals surface area contributed by atoms with Crippen LogP contribution in [0.25, 0.3) is 0 Å². The molecule has 0 radical (unpaired) electrons. The van der Waals surface area contributed by atoms with Gasteiger partial charge in [-0.1, -0.05) is 0 Å². The van der Waals surface area contributed by atoms with E-state index in [4.69, 9.17) is 10.5 Å². The summed E-state index contributed by atoms with van der Waals surface area (Å²) in [5.41, 5.74) is 5.63. The number of ether oxygens (including phenoxy) is 1. The van der Waals surface area contributed by atoms with Gasteiger partial charge in [-0.2, -0.15) is 15.0 Å². The van der Waals surface area contributed by atoms with Crippen LogP contribution in [0.3, 0.4) is 0 Å². The van der Waals surface area contributed by atoms with Crippen LogP contribution >= 0.6 is 0 Å². The predicted molar refractivity (Wildman–Crippen MR) is 72.1 cm³/mol. The zero-order chi connectivity index (χ0) is 14.8. The number of hydrogen-bond donors (Lipinski definition) is 1. The van der Waals surface area contributed by atoms with Crippen LogP contribution in [-0.4, -0.2) is 28.0 Å². The number of nitrogens with two attached hydrogens (primary N) is 1. The molecule has 1 aromatic heterocycles. The van der Waals surface area contributed by atoms with E-state index in [0.717, 1.165) is 38.1 Å². The number of aromatic nitrogens is 3. The lowest BCUT2D eigenvalue weighted by Crippen LogP contribution is -2.21. The maximum absolute atomic E-state index is 13.1. The highest BCUT2D eigenvalue weighted by molar-refractivity contribution is 5.38. The Morgan fingerprint density at radius 1 is 1.05 bits per heavy atom. The first-order chi connectivity index (χ1) is 10.1. The SMILES string of the molecule is Nc1nc(Oc2ccc(F)c(F)c2)nc(N2CCCC2)n1. The molecule has 0 unspecified atom stereocenters. The van der Waals surface area contributed by atoms with Gasteiger partial charge in [0, 0.05) is 19.2 Å². The van der Waals surface area contributed by atoms with Crippen LogP contribution < -0.4 is 15.4 Å². The highest BCUT2D eigenvalue weighted by Gasteiger charge is 2.17. The lowest BCUT2D eigenvalue weighted by molar-refractivity contribution is 0.430. The molecule has 21 heavy (non-hydrogen) atoms. The monoisotopic (exact) mass is 293 g/mol. The van der Waals surface area contributed by atoms with Crippen molar-refractivity contribution in [2.24, 2.45) is 0 Å². The van der Waals surface area contributed by atoms with Crippen LogP contribution in [0.5, 0.6) is 11.8 Å². The molecule has 0 atom stereocenters. The predicted octanol–water partition coefficient (Wildman–Crippen LogP) is 2.12. The Morgan fingerprint density at radius 3 is 2.52 bits per heavy atom. The van der Waals surface area contributed by atoms with E-state index in [1.807, 2.05) is 4.90 Å². The zero-order valence-corrected chi connectivity index (χ0v) is 11.1. The minimum absolute atomic E-state index is 0.0180. The summed E-state index contributed by atoms with van der Waals surface area (Å²) in [5.74, 6) is -1.42. The van der Waals surface area contributed by atoms with Crippen molar-refractivity contribution in [1.82, 2.24) is 15.0 Å². The Labute approximate surface area is 119 Å². The molecule has 6 nitrogen and oxygen atoms in total. The van der Waals surface area contributed by atoms with Gasteiger partial charge in [0.05, 0.1) is 0 Å². The molecule has 1 saturated heterocycles. The molecular formula is C13H13F2N5O. The van der Waals surface area contributed by atoms with Gasteiger partial charge in [0.25, 0.3) is 0 Å². The number of rotatable bonds is 3. The fourth-order valence-electron chi connectivity index (χ4n) is 2.11. The summed E-state index contributed by atoms with van der Waals surface area (Å²) in [6, 6.07) is 3.13. The third-order valence-electron chi connectivity index (χ3n) is 3.11. The van der Waals surface area contributed by atoms with Crippen molar-refractivity contribution >= 4 is 11.9 Å². The first kappa shape index (κ1) is 13.5. The second-order valence-corrected chi connectivity index (χ2v) is 4.65. The van der Waals surface area contributed by atoms with Gasteiger partial charge < -0.3 is 15.4 Å². The summed E-state index contributed by atoms with van der Waals surface area (Å²) in [7, 11) is 0. The minimum atomic E-state index is -1.01. The molecule has 2 aromatic rings. The van der Waals surface area contributed by atoms with Gasteiger partial charge in [0.2, 0.25) is 11.9 Å². The van der Waals surface area contributed by atoms with Crippen molar-refractivity contribution < 1.29 is 13.5 Å². The molecule has 0 spiro atoms. The van der Waals surface area contributed by atoms with Crippen molar-refractivity contribution in [2.75, 3.05) is 23.7 Å². The van der Waals surface area contributed by atoms with Crippen molar-refractivity contribution in [3.8, 4) is 11.8 Å². The van der Waals surface area contributed by atoms with Gasteiger partial charge in [-0.25, -0.2) is 8.78 Å². The van der Waals surface area contributed by atoms with E-state index in [1.165, 1.54) is 6.07 Å². The van der Waals surface area contributed by atoms with Crippen LogP contribution in [-0.2, 0) is 0 Å². The van der Waals surface area contributed by atoms with Crippen molar-refractivity contribution in [1.29, 1.82) is 0 Å². The second-order valence-electron chi connectivity index (χ2n) is 4.65. The van der Waals surface area contributed by atoms with Crippen LogP contribution in [0.15, 0.2) is 18.2 Å². The quantitative estimate of drug-likeness (QED) is 0.934. The Morgan fingerprint density at radius 2 is 1.81 bits per heavy atom. The second kappa shape index (κ2) is 5.47. The summed E-state index contributed by atoms with van der Waals surface area (Å²) in [5, 5.41) is 0. The van der Waals surface area contributed by atoms with Crippen LogP contribution in [0.2, 0.25) is 0 Å². The van der Waals surface area contributed by atoms with Crippen LogP contribution in [0, 0.1) is 11.6 Å². The standard InChI is InChI=1S/C13H13F2N5O/c14-9-4-3-8(7-10(9)15)21-13-18-11(16)17-12(19-13)20-5-1-2-6-20/h3-4,7H,1-2,5-6H2,(H2,16,17,18,19). The minimum Gasteiger partial charge on any atom is -0.424 e. The maximum atomic E-state index is 13.1. The van der Waals surface area contributed by atoms with Crippen LogP contribution in [0.4, 0.5) is 20.7 Å². The molecule has 110 valence electrons. The molecular weight excluding hydrogens is 280 g/mol. The van der Waals surface area contributed by atoms with E-state index in [2.05, 4.69) is 15.0 Å². The molecule has 0 bridgehead atoms. The van der Waals surface area contributed by atoms with Gasteiger partial charge in [-0.15, -0.1) is 0 Å². The zero-order valence-electron chi connectivity index (χ0n) is 11.1. The maximum Gasteiger partial charge on any atom is 0.328 e. The van der Waals surface area contributed by atoms with Crippen molar-refractivity contribution in [3.05, 3.63) is 29.8 Å². The molecule has 1 aromatic carbocycles. The number of nitrogens with zero attached hydrogens (tertiary/aromatic N) is 4. The molecule has 3 rings (SSSR count). The number of nitrogen functional groups attached to an aromatic ring is 1. The highest BCUT2D eigenvalue weighted by atomic mass is 19.2. The van der Waals surface area contributed by atoms with E-state index < -0.39 is 11.6 Å². The van der Waals surface area contributed by atoms with Gasteiger partial charge in [0.15, 0.2) is 11.6 Å². The van der Waals surface area contributed by atoms with Crippen molar-refractivity contribution in [3.63, 3.8) is 0 Å². The lowest BCUT2D eigenvalue weighted by atomic mass is 10.3. The number of halogens is 2. The van der Waals surface area contributed by atoms with Gasteiger partial charge >= 0.3 is 6.01 Å². The van der Waals surface area contributed by atoms with Crippen molar-refractivity contribution in [2.45, 2.75) is 12.8 Å². The molecule has 0 aliphatic carbocycles. The van der Waals surface area contributed by atoms with E-state index >= 15 is 0 Å². The molecule has 1 fully saturated rings. The molecule has 1 aliphatic rings. The Bertz CT molecular complexity index is 661. The molecule has 0 amide bonds. The molecule has 2 N–H and O–H groups in total. The highest BCUT2D eigenvalue weighted by Crippen LogP contribution is 2.23. The largest absolute Gasteiger partial charge is 0.424 e. The van der Waals surface area contributed by atoms with Gasteiger partial charge in [0.1, 0.15) is 5.75 Å². The number of anilines is 2. The van der Waals surface area contributed by atoms with E-state index in [1.54, 1.807) is 0 Å². The molecule has 2 heterocycles. The van der Waals surface area contributed by atoms with E-state index in [-0.39, 0.29) is 17.7 Å². The lowest BCUT2D eigenvalue weighted by Gasteiger charge is -2.15. The first-order valence-electron chi connectivity index (χ1n) is 6.51. The first-order valence-corrected chi connectivity index (χ1v) is 6.51. The van der Waals surface area contributed by atoms with E-state index in [0.29, 0.717) is 5.95 Å². The summed E-state index contributed by atoms with van der Waals surface area (Å²) >= 11 is 0. The smallest absolute Gasteiger partial charge is 0.328 e. The normalized spacial score (nSPS) is 14.5. The fourth-order valence-corrected chi connectivity index (χ4v) is 2.11. The molecule has 1 aliphatic heterocycles. The number of hydrogen-bond acceptors (Lipinski definition) is 6. The van der Waals surface area contributed by atoms with Crippen LogP contribution in [0.1, 0.15) is 12.8 Å². The molecule has 8 heteroatoms. The summed E-state index contributed by atoms with van der Waals surface area (Å²) in [4.78, 5) is 14.0. The topological polar surface area (TPSA) is 77.2 Å². The summed E-state index contributed by atoms with van der Waals surface area (Å²) in [6.07, 6.45) is 2.12. The third-order valence-corrected chi connectivity index (χ3v) is 3.11. The molecule has 0 saturated carbocycles. The third kappa shape index (κ3) is 2.99. The van der Waals surface area contributed by atoms with Gasteiger partial charge in [-0.05, 0) is 25.0 Å². The summed E-state index contributed by atoms with van der Waals surface area (Å²) < 4.78 is 31.3. The fraction of sp³-hybridized carbons (Fsp3) is 0.308. The van der Waals surface area contributed by atoms with E-state index in [9.17, 15) is 8.78 Å². The average molecular weight is 293 g/mol. The Kier molecular flexibility index (Phi) is 3.51.